The molecule has 1 aromatic heterocycles. The normalized spacial score (nSPS) is 16.6. The molecular formula is C24H31N5O4. The van der Waals surface area contributed by atoms with Gasteiger partial charge in [0.25, 0.3) is 5.91 Å². The van der Waals surface area contributed by atoms with Crippen LogP contribution in [0.25, 0.3) is 0 Å². The summed E-state index contributed by atoms with van der Waals surface area (Å²) in [5.74, 6) is -0.399. The summed E-state index contributed by atoms with van der Waals surface area (Å²) in [5, 5.41) is 15.3. The molecule has 2 heterocycles. The Labute approximate surface area is 193 Å². The van der Waals surface area contributed by atoms with Gasteiger partial charge in [0.05, 0.1) is 6.04 Å². The molecule has 3 atom stereocenters. The maximum atomic E-state index is 13.7. The van der Waals surface area contributed by atoms with Crippen LogP contribution in [0.5, 0.6) is 0 Å². The number of likely N-dealkylation sites (N-methyl/N-ethyl adjacent to an activating group) is 1. The summed E-state index contributed by atoms with van der Waals surface area (Å²) in [6.07, 6.45) is 1.08. The SMILES string of the molecule is CC(C)[C@H](NC(=O)[C@H](C)N(C)C(=O)O)C(=O)N1c2ncccc2C[C@H]1CNc1ccccc1. The van der Waals surface area contributed by atoms with E-state index in [0.717, 1.165) is 16.2 Å². The number of carbonyl (C=O) groups excluding carboxylic acids is 2. The zero-order valence-electron chi connectivity index (χ0n) is 19.4. The van der Waals surface area contributed by atoms with Crippen LogP contribution in [0, 0.1) is 5.92 Å². The summed E-state index contributed by atoms with van der Waals surface area (Å²) in [5.41, 5.74) is 1.92. The second-order valence-corrected chi connectivity index (χ2v) is 8.60. The molecule has 0 saturated heterocycles. The molecule has 0 aliphatic carbocycles. The number of fused-ring (bicyclic) bond motifs is 1. The van der Waals surface area contributed by atoms with Crippen molar-refractivity contribution < 1.29 is 19.5 Å². The number of benzene rings is 1. The first-order chi connectivity index (χ1) is 15.7. The molecule has 1 aliphatic rings. The highest BCUT2D eigenvalue weighted by molar-refractivity contribution is 6.01. The number of carbonyl (C=O) groups is 3. The van der Waals surface area contributed by atoms with E-state index in [4.69, 9.17) is 0 Å². The number of hydrogen-bond acceptors (Lipinski definition) is 5. The van der Waals surface area contributed by atoms with Gasteiger partial charge >= 0.3 is 6.09 Å². The van der Waals surface area contributed by atoms with E-state index in [1.807, 2.05) is 56.3 Å². The minimum atomic E-state index is -1.21. The predicted molar refractivity (Wildman–Crippen MR) is 126 cm³/mol. The van der Waals surface area contributed by atoms with E-state index in [1.54, 1.807) is 11.1 Å². The van der Waals surface area contributed by atoms with Gasteiger partial charge in [-0.15, -0.1) is 0 Å². The van der Waals surface area contributed by atoms with Gasteiger partial charge in [0.2, 0.25) is 5.91 Å². The number of pyridine rings is 1. The lowest BCUT2D eigenvalue weighted by Crippen LogP contribution is -2.57. The zero-order valence-corrected chi connectivity index (χ0v) is 19.4. The van der Waals surface area contributed by atoms with Crippen LogP contribution in [0.15, 0.2) is 48.7 Å². The summed E-state index contributed by atoms with van der Waals surface area (Å²) in [7, 11) is 1.32. The Balaban J connectivity index is 1.82. The lowest BCUT2D eigenvalue weighted by molar-refractivity contribution is -0.131. The Kier molecular flexibility index (Phi) is 7.52. The second-order valence-electron chi connectivity index (χ2n) is 8.60. The van der Waals surface area contributed by atoms with Gasteiger partial charge in [0.15, 0.2) is 0 Å². The highest BCUT2D eigenvalue weighted by Gasteiger charge is 2.40. The number of nitrogens with one attached hydrogen (secondary N) is 2. The maximum Gasteiger partial charge on any atom is 0.407 e. The fraction of sp³-hybridized carbons (Fsp3) is 0.417. The summed E-state index contributed by atoms with van der Waals surface area (Å²) in [6.45, 7) is 5.70. The van der Waals surface area contributed by atoms with E-state index in [0.29, 0.717) is 18.8 Å². The van der Waals surface area contributed by atoms with Crippen molar-refractivity contribution in [2.75, 3.05) is 23.8 Å². The van der Waals surface area contributed by atoms with Gasteiger partial charge in [-0.1, -0.05) is 38.1 Å². The van der Waals surface area contributed by atoms with Crippen molar-refractivity contribution in [3.8, 4) is 0 Å². The molecule has 3 N–H and O–H groups in total. The van der Waals surface area contributed by atoms with Crippen molar-refractivity contribution in [1.29, 1.82) is 0 Å². The molecule has 0 saturated carbocycles. The van der Waals surface area contributed by atoms with Crippen LogP contribution < -0.4 is 15.5 Å². The first-order valence-electron chi connectivity index (χ1n) is 11.0. The summed E-state index contributed by atoms with van der Waals surface area (Å²) in [6, 6.07) is 11.6. The molecule has 0 bridgehead atoms. The Bertz CT molecular complexity index is 997. The number of rotatable bonds is 8. The number of amides is 3. The highest BCUT2D eigenvalue weighted by Crippen LogP contribution is 2.31. The number of nitrogens with zero attached hydrogens (tertiary/aromatic N) is 3. The number of para-hydroxylation sites is 1. The van der Waals surface area contributed by atoms with Crippen LogP contribution in [0.3, 0.4) is 0 Å². The minimum absolute atomic E-state index is 0.181. The first-order valence-corrected chi connectivity index (χ1v) is 11.0. The first kappa shape index (κ1) is 24.0. The third-order valence-corrected chi connectivity index (χ3v) is 5.96. The Morgan fingerprint density at radius 3 is 2.48 bits per heavy atom. The van der Waals surface area contributed by atoms with E-state index in [-0.39, 0.29) is 17.9 Å². The van der Waals surface area contributed by atoms with Crippen LogP contribution in [0.4, 0.5) is 16.3 Å². The highest BCUT2D eigenvalue weighted by atomic mass is 16.4. The van der Waals surface area contributed by atoms with Gasteiger partial charge in [-0.05, 0) is 43.0 Å². The largest absolute Gasteiger partial charge is 0.465 e. The van der Waals surface area contributed by atoms with Crippen LogP contribution in [0.1, 0.15) is 26.3 Å². The maximum absolute atomic E-state index is 13.7. The second kappa shape index (κ2) is 10.3. The van der Waals surface area contributed by atoms with E-state index >= 15 is 0 Å². The van der Waals surface area contributed by atoms with E-state index < -0.39 is 24.1 Å². The number of hydrogen-bond donors (Lipinski definition) is 3. The van der Waals surface area contributed by atoms with Crippen molar-refractivity contribution in [2.24, 2.45) is 5.92 Å². The summed E-state index contributed by atoms with van der Waals surface area (Å²) >= 11 is 0. The summed E-state index contributed by atoms with van der Waals surface area (Å²) in [4.78, 5) is 44.8. The molecule has 0 radical (unpaired) electrons. The standard InChI is InChI=1S/C24H31N5O4/c1-15(2)20(27-22(30)16(3)28(4)24(32)33)23(31)29-19(13-17-9-8-12-25-21(17)29)14-26-18-10-6-5-7-11-18/h5-12,15-16,19-20,26H,13-14H2,1-4H3,(H,27,30)(H,32,33)/t16-,19-,20-/m0/s1. The van der Waals surface area contributed by atoms with Crippen molar-refractivity contribution in [3.05, 3.63) is 54.2 Å². The van der Waals surface area contributed by atoms with Gasteiger partial charge in [-0.25, -0.2) is 9.78 Å². The van der Waals surface area contributed by atoms with E-state index in [9.17, 15) is 19.5 Å². The quantitative estimate of drug-likeness (QED) is 0.566. The average molecular weight is 454 g/mol. The fourth-order valence-corrected chi connectivity index (χ4v) is 3.84. The number of anilines is 2. The van der Waals surface area contributed by atoms with Gasteiger partial charge in [0.1, 0.15) is 17.9 Å². The Hall–Kier alpha value is -3.62. The molecule has 3 amide bonds. The van der Waals surface area contributed by atoms with Crippen molar-refractivity contribution in [2.45, 2.75) is 45.3 Å². The van der Waals surface area contributed by atoms with Crippen molar-refractivity contribution >= 4 is 29.4 Å². The average Bonchev–Trinajstić information content (AvgIpc) is 3.18. The van der Waals surface area contributed by atoms with Crippen LogP contribution in [-0.4, -0.2) is 64.6 Å². The molecule has 176 valence electrons. The smallest absolute Gasteiger partial charge is 0.407 e. The lowest BCUT2D eigenvalue weighted by atomic mass is 10.0. The molecule has 0 fully saturated rings. The Morgan fingerprint density at radius 1 is 1.15 bits per heavy atom. The monoisotopic (exact) mass is 453 g/mol. The number of carboxylic acid groups (broad SMARTS) is 1. The molecule has 33 heavy (non-hydrogen) atoms. The number of aromatic nitrogens is 1. The molecule has 2 aromatic rings. The third-order valence-electron chi connectivity index (χ3n) is 5.96. The van der Waals surface area contributed by atoms with Gasteiger partial charge < -0.3 is 15.7 Å². The molecule has 1 aliphatic heterocycles. The van der Waals surface area contributed by atoms with Gasteiger partial charge in [-0.2, -0.15) is 0 Å². The van der Waals surface area contributed by atoms with Crippen LogP contribution >= 0.6 is 0 Å². The molecular weight excluding hydrogens is 422 g/mol. The van der Waals surface area contributed by atoms with Gasteiger partial charge in [0, 0.05) is 25.5 Å². The van der Waals surface area contributed by atoms with Gasteiger partial charge in [-0.3, -0.25) is 19.4 Å². The lowest BCUT2D eigenvalue weighted by Gasteiger charge is -2.32. The topological polar surface area (TPSA) is 115 Å². The summed E-state index contributed by atoms with van der Waals surface area (Å²) < 4.78 is 0. The third kappa shape index (κ3) is 5.42. The molecule has 9 heteroatoms. The van der Waals surface area contributed by atoms with E-state index in [2.05, 4.69) is 15.6 Å². The molecule has 0 spiro atoms. The molecule has 9 nitrogen and oxygen atoms in total. The minimum Gasteiger partial charge on any atom is -0.465 e. The fourth-order valence-electron chi connectivity index (χ4n) is 3.84. The van der Waals surface area contributed by atoms with Crippen molar-refractivity contribution in [3.63, 3.8) is 0 Å². The molecule has 0 unspecified atom stereocenters. The Morgan fingerprint density at radius 2 is 1.85 bits per heavy atom. The van der Waals surface area contributed by atoms with Crippen molar-refractivity contribution in [1.82, 2.24) is 15.2 Å². The molecule has 3 rings (SSSR count). The zero-order chi connectivity index (χ0) is 24.1. The predicted octanol–water partition coefficient (Wildman–Crippen LogP) is 2.59. The van der Waals surface area contributed by atoms with Crippen LogP contribution in [0.2, 0.25) is 0 Å². The van der Waals surface area contributed by atoms with E-state index in [1.165, 1.54) is 14.0 Å². The van der Waals surface area contributed by atoms with Crippen LogP contribution in [-0.2, 0) is 16.0 Å². The molecule has 1 aromatic carbocycles.